The first-order chi connectivity index (χ1) is 8.00. The zero-order valence-corrected chi connectivity index (χ0v) is 9.63. The van der Waals surface area contributed by atoms with Crippen LogP contribution in [0.1, 0.15) is 23.2 Å². The number of carbonyl (C=O) groups is 1. The molecule has 2 rings (SSSR count). The maximum Gasteiger partial charge on any atom is 0.303 e. The maximum atomic E-state index is 11.6. The second-order valence-corrected chi connectivity index (χ2v) is 4.00. The molecule has 0 bridgehead atoms. The van der Waals surface area contributed by atoms with Crippen LogP contribution < -0.4 is 5.56 Å². The van der Waals surface area contributed by atoms with E-state index in [4.69, 9.17) is 5.11 Å². The monoisotopic (exact) mass is 235 g/mol. The fourth-order valence-electron chi connectivity index (χ4n) is 2.04. The number of aromatic amines is 2. The molecule has 0 amide bonds. The number of fused-ring (bicyclic) bond motifs is 1. The van der Waals surface area contributed by atoms with Gasteiger partial charge in [-0.2, -0.15) is 0 Å². The van der Waals surface area contributed by atoms with Gasteiger partial charge in [-0.25, -0.2) is 4.98 Å². The first-order valence-corrected chi connectivity index (χ1v) is 5.29. The molecule has 0 spiro atoms. The van der Waals surface area contributed by atoms with Crippen LogP contribution in [0.5, 0.6) is 0 Å². The molecular formula is C11H13N3O3. The van der Waals surface area contributed by atoms with Crippen molar-refractivity contribution in [3.63, 3.8) is 0 Å². The van der Waals surface area contributed by atoms with Crippen molar-refractivity contribution in [2.24, 2.45) is 0 Å². The average Bonchev–Trinajstić information content (AvgIpc) is 2.59. The fourth-order valence-corrected chi connectivity index (χ4v) is 2.04. The molecule has 0 atom stereocenters. The van der Waals surface area contributed by atoms with Gasteiger partial charge in [0, 0.05) is 12.1 Å². The first-order valence-electron chi connectivity index (χ1n) is 5.29. The standard InChI is InChI=1S/C11H13N3O3/c1-5-7(3-4-8(15)16)6(2)12-10-9(5)11(17)14-13-10/h3-4H2,1-2H3,(H,15,16)(H2,12,13,14,17). The van der Waals surface area contributed by atoms with Crippen molar-refractivity contribution in [2.75, 3.05) is 0 Å². The molecule has 6 nitrogen and oxygen atoms in total. The van der Waals surface area contributed by atoms with Crippen LogP contribution in [-0.4, -0.2) is 26.3 Å². The van der Waals surface area contributed by atoms with Crippen LogP contribution in [-0.2, 0) is 11.2 Å². The Bertz CT molecular complexity index is 639. The molecule has 90 valence electrons. The number of hydrogen-bond donors (Lipinski definition) is 3. The zero-order chi connectivity index (χ0) is 12.6. The Morgan fingerprint density at radius 1 is 1.35 bits per heavy atom. The van der Waals surface area contributed by atoms with E-state index in [0.717, 1.165) is 16.8 Å². The lowest BCUT2D eigenvalue weighted by Crippen LogP contribution is -2.06. The van der Waals surface area contributed by atoms with E-state index in [1.165, 1.54) is 0 Å². The lowest BCUT2D eigenvalue weighted by Gasteiger charge is -2.08. The van der Waals surface area contributed by atoms with E-state index < -0.39 is 5.97 Å². The van der Waals surface area contributed by atoms with Crippen LogP contribution in [0, 0.1) is 13.8 Å². The molecule has 2 heterocycles. The van der Waals surface area contributed by atoms with Crippen LogP contribution >= 0.6 is 0 Å². The van der Waals surface area contributed by atoms with E-state index in [2.05, 4.69) is 15.2 Å². The zero-order valence-electron chi connectivity index (χ0n) is 9.63. The minimum Gasteiger partial charge on any atom is -0.481 e. The molecule has 0 unspecified atom stereocenters. The summed E-state index contributed by atoms with van der Waals surface area (Å²) in [6.45, 7) is 3.63. The summed E-state index contributed by atoms with van der Waals surface area (Å²) in [4.78, 5) is 26.4. The van der Waals surface area contributed by atoms with E-state index >= 15 is 0 Å². The smallest absolute Gasteiger partial charge is 0.303 e. The molecule has 0 saturated heterocycles. The van der Waals surface area contributed by atoms with Gasteiger partial charge >= 0.3 is 5.97 Å². The van der Waals surface area contributed by atoms with Gasteiger partial charge in [-0.3, -0.25) is 19.8 Å². The predicted octanol–water partition coefficient (Wildman–Crippen LogP) is 0.885. The molecule has 17 heavy (non-hydrogen) atoms. The van der Waals surface area contributed by atoms with Gasteiger partial charge in [0.2, 0.25) is 0 Å². The Kier molecular flexibility index (Phi) is 2.71. The summed E-state index contributed by atoms with van der Waals surface area (Å²) < 4.78 is 0. The molecule has 6 heteroatoms. The number of aryl methyl sites for hydroxylation is 2. The van der Waals surface area contributed by atoms with Crippen LogP contribution in [0.25, 0.3) is 11.0 Å². The van der Waals surface area contributed by atoms with E-state index in [1.54, 1.807) is 0 Å². The van der Waals surface area contributed by atoms with Gasteiger partial charge in [0.05, 0.1) is 5.39 Å². The number of hydrogen-bond acceptors (Lipinski definition) is 3. The molecule has 0 radical (unpaired) electrons. The van der Waals surface area contributed by atoms with Gasteiger partial charge < -0.3 is 5.11 Å². The average molecular weight is 235 g/mol. The first kappa shape index (κ1) is 11.4. The fraction of sp³-hybridized carbons (Fsp3) is 0.364. The van der Waals surface area contributed by atoms with Crippen molar-refractivity contribution in [2.45, 2.75) is 26.7 Å². The van der Waals surface area contributed by atoms with Gasteiger partial charge in [-0.1, -0.05) is 0 Å². The van der Waals surface area contributed by atoms with Crippen LogP contribution in [0.3, 0.4) is 0 Å². The Balaban J connectivity index is 2.58. The number of nitrogens with one attached hydrogen (secondary N) is 2. The maximum absolute atomic E-state index is 11.6. The summed E-state index contributed by atoms with van der Waals surface area (Å²) in [6.07, 6.45) is 0.428. The highest BCUT2D eigenvalue weighted by Crippen LogP contribution is 2.19. The summed E-state index contributed by atoms with van der Waals surface area (Å²) in [5.74, 6) is -0.855. The van der Waals surface area contributed by atoms with Crippen molar-refractivity contribution in [3.05, 3.63) is 27.2 Å². The lowest BCUT2D eigenvalue weighted by molar-refractivity contribution is -0.136. The minimum atomic E-state index is -0.855. The van der Waals surface area contributed by atoms with Crippen molar-refractivity contribution in [1.82, 2.24) is 15.2 Å². The molecule has 0 aliphatic carbocycles. The van der Waals surface area contributed by atoms with E-state index in [-0.39, 0.29) is 12.0 Å². The number of rotatable bonds is 3. The molecule has 2 aromatic rings. The Hall–Kier alpha value is -2.11. The van der Waals surface area contributed by atoms with E-state index in [0.29, 0.717) is 17.5 Å². The SMILES string of the molecule is Cc1nc2[nH][nH]c(=O)c2c(C)c1CCC(=O)O. The highest BCUT2D eigenvalue weighted by molar-refractivity contribution is 5.79. The van der Waals surface area contributed by atoms with Crippen molar-refractivity contribution in [3.8, 4) is 0 Å². The second kappa shape index (κ2) is 4.04. The summed E-state index contributed by atoms with van der Waals surface area (Å²) in [5.41, 5.74) is 2.69. The molecule has 0 saturated carbocycles. The topological polar surface area (TPSA) is 98.8 Å². The molecule has 0 aromatic carbocycles. The Labute approximate surface area is 96.7 Å². The molecule has 0 aliphatic heterocycles. The summed E-state index contributed by atoms with van der Waals surface area (Å²) >= 11 is 0. The number of nitrogens with zero attached hydrogens (tertiary/aromatic N) is 1. The highest BCUT2D eigenvalue weighted by atomic mass is 16.4. The highest BCUT2D eigenvalue weighted by Gasteiger charge is 2.13. The van der Waals surface area contributed by atoms with Crippen molar-refractivity contribution < 1.29 is 9.90 Å². The number of pyridine rings is 1. The summed E-state index contributed by atoms with van der Waals surface area (Å²) in [6, 6.07) is 0. The van der Waals surface area contributed by atoms with Crippen LogP contribution in [0.4, 0.5) is 0 Å². The Morgan fingerprint density at radius 2 is 2.06 bits per heavy atom. The number of aromatic nitrogens is 3. The number of H-pyrrole nitrogens is 2. The molecule has 0 aliphatic rings. The summed E-state index contributed by atoms with van der Waals surface area (Å²) in [7, 11) is 0. The normalized spacial score (nSPS) is 10.9. The predicted molar refractivity (Wildman–Crippen MR) is 62.1 cm³/mol. The number of aliphatic carboxylic acids is 1. The largest absolute Gasteiger partial charge is 0.481 e. The molecular weight excluding hydrogens is 222 g/mol. The van der Waals surface area contributed by atoms with Gasteiger partial charge in [-0.05, 0) is 31.4 Å². The quantitative estimate of drug-likeness (QED) is 0.735. The van der Waals surface area contributed by atoms with Gasteiger partial charge in [0.1, 0.15) is 0 Å². The third-order valence-corrected chi connectivity index (χ3v) is 2.89. The third kappa shape index (κ3) is 1.93. The van der Waals surface area contributed by atoms with Crippen molar-refractivity contribution in [1.29, 1.82) is 0 Å². The number of carboxylic acid groups (broad SMARTS) is 1. The van der Waals surface area contributed by atoms with Crippen LogP contribution in [0.2, 0.25) is 0 Å². The molecule has 3 N–H and O–H groups in total. The lowest BCUT2D eigenvalue weighted by atomic mass is 10.0. The van der Waals surface area contributed by atoms with E-state index in [9.17, 15) is 9.59 Å². The number of carboxylic acids is 1. The van der Waals surface area contributed by atoms with E-state index in [1.807, 2.05) is 13.8 Å². The second-order valence-electron chi connectivity index (χ2n) is 4.00. The van der Waals surface area contributed by atoms with Gasteiger partial charge in [-0.15, -0.1) is 0 Å². The Morgan fingerprint density at radius 3 is 2.71 bits per heavy atom. The van der Waals surface area contributed by atoms with Crippen LogP contribution in [0.15, 0.2) is 4.79 Å². The molecule has 2 aromatic heterocycles. The van der Waals surface area contributed by atoms with Crippen molar-refractivity contribution >= 4 is 17.0 Å². The summed E-state index contributed by atoms with van der Waals surface area (Å²) in [5, 5.41) is 14.4. The molecule has 0 fully saturated rings. The third-order valence-electron chi connectivity index (χ3n) is 2.89. The minimum absolute atomic E-state index is 0.0389. The van der Waals surface area contributed by atoms with Gasteiger partial charge in [0.15, 0.2) is 5.65 Å². The van der Waals surface area contributed by atoms with Gasteiger partial charge in [0.25, 0.3) is 5.56 Å².